The number of hydrogen-bond donors (Lipinski definition) is 2. The van der Waals surface area contributed by atoms with Crippen molar-refractivity contribution in [1.29, 1.82) is 0 Å². The maximum absolute atomic E-state index is 11.6. The maximum atomic E-state index is 11.6. The van der Waals surface area contributed by atoms with E-state index in [1.54, 1.807) is 19.9 Å². The summed E-state index contributed by atoms with van der Waals surface area (Å²) in [5.41, 5.74) is 2.01. The summed E-state index contributed by atoms with van der Waals surface area (Å²) in [5.74, 6) is -0.204. The van der Waals surface area contributed by atoms with E-state index in [-0.39, 0.29) is 10.8 Å². The Balaban J connectivity index is 2.53. The first-order valence-corrected chi connectivity index (χ1v) is 8.43. The van der Waals surface area contributed by atoms with Gasteiger partial charge in [-0.3, -0.25) is 4.79 Å². The third-order valence-electron chi connectivity index (χ3n) is 2.84. The first-order valence-electron chi connectivity index (χ1n) is 6.07. The molecule has 2 aromatic rings. The predicted molar refractivity (Wildman–Crippen MR) is 82.7 cm³/mol. The molecule has 0 saturated carbocycles. The highest BCUT2D eigenvalue weighted by molar-refractivity contribution is 7.89. The molecule has 21 heavy (non-hydrogen) atoms. The number of carbonyl (C=O) groups excluding carboxylic acids is 1. The van der Waals surface area contributed by atoms with E-state index in [1.165, 1.54) is 24.3 Å². The van der Waals surface area contributed by atoms with Crippen LogP contribution in [0.2, 0.25) is 0 Å². The highest BCUT2D eigenvalue weighted by Crippen LogP contribution is 2.34. The van der Waals surface area contributed by atoms with Gasteiger partial charge in [-0.2, -0.15) is 0 Å². The molecular formula is C13H15N3O3S2. The second-order valence-corrected chi connectivity index (χ2v) is 7.17. The molecule has 1 heterocycles. The summed E-state index contributed by atoms with van der Waals surface area (Å²) in [6.07, 6.45) is 0. The van der Waals surface area contributed by atoms with Crippen LogP contribution >= 0.6 is 11.3 Å². The maximum Gasteiger partial charge on any atom is 0.238 e. The van der Waals surface area contributed by atoms with Crippen molar-refractivity contribution in [2.45, 2.75) is 25.7 Å². The molecule has 0 atom stereocenters. The van der Waals surface area contributed by atoms with Gasteiger partial charge in [0.1, 0.15) is 0 Å². The van der Waals surface area contributed by atoms with E-state index in [0.29, 0.717) is 22.0 Å². The molecule has 1 aromatic heterocycles. The van der Waals surface area contributed by atoms with Gasteiger partial charge in [0.15, 0.2) is 5.13 Å². The average Bonchev–Trinajstić information content (AvgIpc) is 2.68. The number of nitrogens with one attached hydrogen (secondary N) is 1. The topological polar surface area (TPSA) is 102 Å². The van der Waals surface area contributed by atoms with Crippen molar-refractivity contribution in [2.24, 2.45) is 5.14 Å². The van der Waals surface area contributed by atoms with Crippen molar-refractivity contribution >= 4 is 32.4 Å². The van der Waals surface area contributed by atoms with Crippen LogP contribution in [0.1, 0.15) is 18.2 Å². The minimum Gasteiger partial charge on any atom is -0.302 e. The largest absolute Gasteiger partial charge is 0.302 e. The van der Waals surface area contributed by atoms with E-state index >= 15 is 0 Å². The average molecular weight is 325 g/mol. The number of nitrogens with two attached hydrogens (primary N) is 1. The molecule has 0 fully saturated rings. The van der Waals surface area contributed by atoms with Gasteiger partial charge in [0.2, 0.25) is 15.9 Å². The van der Waals surface area contributed by atoms with Crippen molar-refractivity contribution in [3.63, 3.8) is 0 Å². The SMILES string of the molecule is CC(=O)Nc1nc(C)c(-c2ccc(C)c(S(N)(=O)=O)c2)s1. The first-order chi connectivity index (χ1) is 9.68. The summed E-state index contributed by atoms with van der Waals surface area (Å²) >= 11 is 1.29. The van der Waals surface area contributed by atoms with Gasteiger partial charge in [-0.05, 0) is 31.0 Å². The lowest BCUT2D eigenvalue weighted by Crippen LogP contribution is -2.13. The van der Waals surface area contributed by atoms with Crippen LogP contribution in [0.25, 0.3) is 10.4 Å². The summed E-state index contributed by atoms with van der Waals surface area (Å²) in [6.45, 7) is 4.89. The van der Waals surface area contributed by atoms with Crippen LogP contribution in [0.4, 0.5) is 5.13 Å². The second-order valence-electron chi connectivity index (χ2n) is 4.64. The van der Waals surface area contributed by atoms with Crippen LogP contribution in [0, 0.1) is 13.8 Å². The highest BCUT2D eigenvalue weighted by atomic mass is 32.2. The fourth-order valence-corrected chi connectivity index (χ4v) is 3.73. The van der Waals surface area contributed by atoms with E-state index in [1.807, 2.05) is 6.07 Å². The number of aryl methyl sites for hydroxylation is 2. The molecule has 0 bridgehead atoms. The number of anilines is 1. The molecule has 0 aliphatic carbocycles. The van der Waals surface area contributed by atoms with Gasteiger partial charge in [-0.25, -0.2) is 18.5 Å². The number of primary sulfonamides is 1. The molecule has 0 aliphatic heterocycles. The van der Waals surface area contributed by atoms with Crippen LogP contribution < -0.4 is 10.5 Å². The molecule has 2 rings (SSSR count). The summed E-state index contributed by atoms with van der Waals surface area (Å²) in [6, 6.07) is 5.04. The Morgan fingerprint density at radius 2 is 2.00 bits per heavy atom. The van der Waals surface area contributed by atoms with Crippen molar-refractivity contribution in [3.8, 4) is 10.4 Å². The minimum atomic E-state index is -3.77. The molecule has 0 saturated heterocycles. The van der Waals surface area contributed by atoms with Crippen LogP contribution in [0.15, 0.2) is 23.1 Å². The van der Waals surface area contributed by atoms with Crippen LogP contribution in [-0.4, -0.2) is 19.3 Å². The van der Waals surface area contributed by atoms with Gasteiger partial charge >= 0.3 is 0 Å². The van der Waals surface area contributed by atoms with Crippen LogP contribution in [0.3, 0.4) is 0 Å². The monoisotopic (exact) mass is 325 g/mol. The number of amides is 1. The van der Waals surface area contributed by atoms with Crippen LogP contribution in [0.5, 0.6) is 0 Å². The Hall–Kier alpha value is -1.77. The Kier molecular flexibility index (Phi) is 4.13. The Morgan fingerprint density at radius 1 is 1.33 bits per heavy atom. The molecule has 0 unspecified atom stereocenters. The first kappa shape index (κ1) is 15.6. The van der Waals surface area contributed by atoms with E-state index in [0.717, 1.165) is 4.88 Å². The molecule has 1 amide bonds. The summed E-state index contributed by atoms with van der Waals surface area (Å²) in [7, 11) is -3.77. The summed E-state index contributed by atoms with van der Waals surface area (Å²) < 4.78 is 23.2. The number of hydrogen-bond acceptors (Lipinski definition) is 5. The van der Waals surface area contributed by atoms with Crippen molar-refractivity contribution in [2.75, 3.05) is 5.32 Å². The molecule has 6 nitrogen and oxygen atoms in total. The standard InChI is InChI=1S/C13H15N3O3S2/c1-7-4-5-10(6-11(7)21(14,18)19)12-8(2)15-13(20-12)16-9(3)17/h4-6H,1-3H3,(H2,14,18,19)(H,15,16,17). The number of carbonyl (C=O) groups is 1. The van der Waals surface area contributed by atoms with Crippen molar-refractivity contribution in [1.82, 2.24) is 4.98 Å². The minimum absolute atomic E-state index is 0.0916. The number of nitrogens with zero attached hydrogens (tertiary/aromatic N) is 1. The number of thiazole rings is 1. The predicted octanol–water partition coefficient (Wildman–Crippen LogP) is 2.03. The third-order valence-corrected chi connectivity index (χ3v) is 5.01. The fraction of sp³-hybridized carbons (Fsp3) is 0.231. The molecular weight excluding hydrogens is 310 g/mol. The molecule has 0 spiro atoms. The number of aromatic nitrogens is 1. The Bertz CT molecular complexity index is 810. The second kappa shape index (κ2) is 5.55. The lowest BCUT2D eigenvalue weighted by Gasteiger charge is -2.06. The van der Waals surface area contributed by atoms with Crippen molar-refractivity contribution in [3.05, 3.63) is 29.5 Å². The highest BCUT2D eigenvalue weighted by Gasteiger charge is 2.16. The van der Waals surface area contributed by atoms with Gasteiger partial charge in [0.05, 0.1) is 15.5 Å². The zero-order valence-electron chi connectivity index (χ0n) is 11.8. The third kappa shape index (κ3) is 3.46. The summed E-state index contributed by atoms with van der Waals surface area (Å²) in [5, 5.41) is 8.31. The molecule has 0 aliphatic rings. The molecule has 1 aromatic carbocycles. The van der Waals surface area contributed by atoms with Gasteiger partial charge in [-0.15, -0.1) is 0 Å². The van der Waals surface area contributed by atoms with Gasteiger partial charge in [0, 0.05) is 6.92 Å². The lowest BCUT2D eigenvalue weighted by atomic mass is 10.1. The molecule has 8 heteroatoms. The van der Waals surface area contributed by atoms with E-state index in [9.17, 15) is 13.2 Å². The fourth-order valence-electron chi connectivity index (χ4n) is 1.92. The molecule has 0 radical (unpaired) electrons. The van der Waals surface area contributed by atoms with Crippen LogP contribution in [-0.2, 0) is 14.8 Å². The van der Waals surface area contributed by atoms with Gasteiger partial charge in [-0.1, -0.05) is 23.5 Å². The van der Waals surface area contributed by atoms with Crippen molar-refractivity contribution < 1.29 is 13.2 Å². The normalized spacial score (nSPS) is 11.4. The molecule has 3 N–H and O–H groups in total. The molecule has 112 valence electrons. The van der Waals surface area contributed by atoms with E-state index < -0.39 is 10.0 Å². The zero-order chi connectivity index (χ0) is 15.8. The number of rotatable bonds is 3. The zero-order valence-corrected chi connectivity index (χ0v) is 13.4. The van der Waals surface area contributed by atoms with E-state index in [2.05, 4.69) is 10.3 Å². The smallest absolute Gasteiger partial charge is 0.238 e. The number of sulfonamides is 1. The lowest BCUT2D eigenvalue weighted by molar-refractivity contribution is -0.114. The summed E-state index contributed by atoms with van der Waals surface area (Å²) in [4.78, 5) is 16.2. The van der Waals surface area contributed by atoms with Gasteiger partial charge in [0.25, 0.3) is 0 Å². The van der Waals surface area contributed by atoms with E-state index in [4.69, 9.17) is 5.14 Å². The number of benzene rings is 1. The quantitative estimate of drug-likeness (QED) is 0.901. The Morgan fingerprint density at radius 3 is 2.57 bits per heavy atom. The van der Waals surface area contributed by atoms with Gasteiger partial charge < -0.3 is 5.32 Å². The Labute approximate surface area is 127 Å².